The second kappa shape index (κ2) is 8.06. The van der Waals surface area contributed by atoms with E-state index in [1.807, 2.05) is 0 Å². The first kappa shape index (κ1) is 20.9. The maximum Gasteiger partial charge on any atom is 0.300 e. The van der Waals surface area contributed by atoms with Crippen molar-refractivity contribution in [2.24, 2.45) is 0 Å². The summed E-state index contributed by atoms with van der Waals surface area (Å²) in [6, 6.07) is 14.2. The third kappa shape index (κ3) is 3.76. The summed E-state index contributed by atoms with van der Waals surface area (Å²) in [6.07, 6.45) is 0. The Morgan fingerprint density at radius 2 is 1.65 bits per heavy atom. The van der Waals surface area contributed by atoms with Gasteiger partial charge in [0.05, 0.1) is 21.7 Å². The van der Waals surface area contributed by atoms with E-state index in [9.17, 15) is 24.2 Å². The van der Waals surface area contributed by atoms with Crippen LogP contribution < -0.4 is 4.90 Å². The van der Waals surface area contributed by atoms with Crippen molar-refractivity contribution in [2.45, 2.75) is 6.04 Å². The highest BCUT2D eigenvalue weighted by atomic mass is 35.5. The lowest BCUT2D eigenvalue weighted by Crippen LogP contribution is -2.29. The number of aromatic hydroxyl groups is 1. The molecule has 0 spiro atoms. The van der Waals surface area contributed by atoms with Gasteiger partial charge in [0.1, 0.15) is 17.3 Å². The number of halogens is 3. The molecule has 0 saturated carbocycles. The predicted molar refractivity (Wildman–Crippen MR) is 116 cm³/mol. The van der Waals surface area contributed by atoms with Crippen molar-refractivity contribution in [3.63, 3.8) is 0 Å². The van der Waals surface area contributed by atoms with E-state index in [2.05, 4.69) is 0 Å². The Morgan fingerprint density at radius 3 is 2.29 bits per heavy atom. The van der Waals surface area contributed by atoms with Crippen LogP contribution in [-0.2, 0) is 9.59 Å². The van der Waals surface area contributed by atoms with E-state index < -0.39 is 29.3 Å². The highest BCUT2D eigenvalue weighted by Gasteiger charge is 2.47. The van der Waals surface area contributed by atoms with Gasteiger partial charge in [0.25, 0.3) is 11.7 Å². The number of phenols is 1. The molecule has 8 heteroatoms. The zero-order valence-corrected chi connectivity index (χ0v) is 17.2. The molecule has 1 aliphatic rings. The Balaban J connectivity index is 1.96. The van der Waals surface area contributed by atoms with Gasteiger partial charge in [0.15, 0.2) is 0 Å². The number of aliphatic hydroxyl groups is 1. The largest absolute Gasteiger partial charge is 0.508 e. The van der Waals surface area contributed by atoms with Gasteiger partial charge in [-0.2, -0.15) is 0 Å². The minimum Gasteiger partial charge on any atom is -0.508 e. The Morgan fingerprint density at radius 1 is 0.935 bits per heavy atom. The van der Waals surface area contributed by atoms with Crippen molar-refractivity contribution >= 4 is 46.3 Å². The summed E-state index contributed by atoms with van der Waals surface area (Å²) in [4.78, 5) is 27.2. The molecule has 3 aromatic carbocycles. The van der Waals surface area contributed by atoms with E-state index in [1.54, 1.807) is 12.1 Å². The predicted octanol–water partition coefficient (Wildman–Crippen LogP) is 5.46. The zero-order chi connectivity index (χ0) is 22.3. The maximum atomic E-state index is 13.3. The first-order chi connectivity index (χ1) is 14.8. The van der Waals surface area contributed by atoms with Gasteiger partial charge in [-0.15, -0.1) is 0 Å². The standard InChI is InChI=1S/C23H14Cl2FNO4/c24-17-9-8-15(11-18(17)25)27-20(13-2-1-3-16(28)10-13)19(22(30)23(27)31)21(29)12-4-6-14(26)7-5-12/h1-11,20,28-29H/b21-19+. The van der Waals surface area contributed by atoms with Gasteiger partial charge in [-0.3, -0.25) is 14.5 Å². The third-order valence-corrected chi connectivity index (χ3v) is 5.67. The van der Waals surface area contributed by atoms with Crippen molar-refractivity contribution in [3.05, 3.63) is 99.3 Å². The lowest BCUT2D eigenvalue weighted by molar-refractivity contribution is -0.132. The number of amides is 1. The number of ketones is 1. The Bertz CT molecular complexity index is 1240. The minimum atomic E-state index is -1.06. The first-order valence-electron chi connectivity index (χ1n) is 9.09. The number of hydrogen-bond acceptors (Lipinski definition) is 4. The van der Waals surface area contributed by atoms with Crippen molar-refractivity contribution < 1.29 is 24.2 Å². The molecule has 0 bridgehead atoms. The van der Waals surface area contributed by atoms with E-state index in [4.69, 9.17) is 23.2 Å². The van der Waals surface area contributed by atoms with Crippen LogP contribution in [0.25, 0.3) is 5.76 Å². The number of Topliss-reactive ketones (excluding diaryl/α,β-unsaturated/α-hetero) is 1. The van der Waals surface area contributed by atoms with Crippen LogP contribution in [0.2, 0.25) is 10.0 Å². The van der Waals surface area contributed by atoms with Crippen LogP contribution in [0.3, 0.4) is 0 Å². The first-order valence-corrected chi connectivity index (χ1v) is 9.84. The molecule has 156 valence electrons. The molecule has 4 rings (SSSR count). The fraction of sp³-hybridized carbons (Fsp3) is 0.0435. The second-order valence-corrected chi connectivity index (χ2v) is 7.68. The summed E-state index contributed by atoms with van der Waals surface area (Å²) in [6.45, 7) is 0. The van der Waals surface area contributed by atoms with E-state index >= 15 is 0 Å². The summed E-state index contributed by atoms with van der Waals surface area (Å²) in [5.74, 6) is -2.89. The molecule has 1 saturated heterocycles. The lowest BCUT2D eigenvalue weighted by Gasteiger charge is -2.25. The van der Waals surface area contributed by atoms with E-state index in [0.717, 1.165) is 12.1 Å². The molecule has 31 heavy (non-hydrogen) atoms. The normalized spacial score (nSPS) is 17.9. The SMILES string of the molecule is O=C1C(=O)N(c2ccc(Cl)c(Cl)c2)C(c2cccc(O)c2)/C1=C(\O)c1ccc(F)cc1. The highest BCUT2D eigenvalue weighted by Crippen LogP contribution is 2.43. The van der Waals surface area contributed by atoms with Crippen molar-refractivity contribution in [1.82, 2.24) is 0 Å². The van der Waals surface area contributed by atoms with Crippen LogP contribution in [0.1, 0.15) is 17.2 Å². The number of benzene rings is 3. The number of carbonyl (C=O) groups excluding carboxylic acids is 2. The summed E-state index contributed by atoms with van der Waals surface area (Å²) < 4.78 is 13.3. The summed E-state index contributed by atoms with van der Waals surface area (Å²) in [5.41, 5.74) is 0.629. The van der Waals surface area contributed by atoms with Crippen molar-refractivity contribution in [2.75, 3.05) is 4.90 Å². The molecule has 1 heterocycles. The summed E-state index contributed by atoms with van der Waals surface area (Å²) >= 11 is 12.1. The fourth-order valence-electron chi connectivity index (χ4n) is 3.51. The zero-order valence-electron chi connectivity index (χ0n) is 15.7. The van der Waals surface area contributed by atoms with Gasteiger partial charge in [-0.05, 0) is 60.2 Å². The lowest BCUT2D eigenvalue weighted by atomic mass is 9.95. The molecule has 0 aliphatic carbocycles. The van der Waals surface area contributed by atoms with Gasteiger partial charge >= 0.3 is 0 Å². The molecule has 3 aromatic rings. The maximum absolute atomic E-state index is 13.3. The average molecular weight is 458 g/mol. The van der Waals surface area contributed by atoms with Gasteiger partial charge in [-0.25, -0.2) is 4.39 Å². The van der Waals surface area contributed by atoms with E-state index in [0.29, 0.717) is 5.56 Å². The number of aliphatic hydroxyl groups excluding tert-OH is 1. The molecule has 1 amide bonds. The number of nitrogens with zero attached hydrogens (tertiary/aromatic N) is 1. The topological polar surface area (TPSA) is 77.8 Å². The van der Waals surface area contributed by atoms with E-state index in [-0.39, 0.29) is 32.6 Å². The number of hydrogen-bond donors (Lipinski definition) is 2. The molecular formula is C23H14Cl2FNO4. The number of phenolic OH excluding ortho intramolecular Hbond substituents is 1. The molecule has 2 N–H and O–H groups in total. The van der Waals surface area contributed by atoms with Gasteiger partial charge in [0, 0.05) is 11.3 Å². The molecule has 0 aromatic heterocycles. The summed E-state index contributed by atoms with van der Waals surface area (Å²) in [5, 5.41) is 21.3. The van der Waals surface area contributed by atoms with Crippen molar-refractivity contribution in [3.8, 4) is 5.75 Å². The average Bonchev–Trinajstić information content (AvgIpc) is 3.01. The molecule has 5 nitrogen and oxygen atoms in total. The second-order valence-electron chi connectivity index (χ2n) is 6.87. The Kier molecular flexibility index (Phi) is 5.43. The fourth-order valence-corrected chi connectivity index (χ4v) is 3.80. The number of anilines is 1. The third-order valence-electron chi connectivity index (χ3n) is 4.93. The molecule has 1 atom stereocenters. The van der Waals surface area contributed by atoms with Crippen LogP contribution >= 0.6 is 23.2 Å². The monoisotopic (exact) mass is 457 g/mol. The minimum absolute atomic E-state index is 0.0843. The van der Waals surface area contributed by atoms with Gasteiger partial charge < -0.3 is 10.2 Å². The Hall–Kier alpha value is -3.35. The molecule has 1 fully saturated rings. The van der Waals surface area contributed by atoms with Crippen LogP contribution in [0.4, 0.5) is 10.1 Å². The van der Waals surface area contributed by atoms with Gasteiger partial charge in [0.2, 0.25) is 0 Å². The summed E-state index contributed by atoms with van der Waals surface area (Å²) in [7, 11) is 0. The number of carbonyl (C=O) groups is 2. The smallest absolute Gasteiger partial charge is 0.300 e. The van der Waals surface area contributed by atoms with Gasteiger partial charge in [-0.1, -0.05) is 35.3 Å². The van der Waals surface area contributed by atoms with E-state index in [1.165, 1.54) is 47.4 Å². The van der Waals surface area contributed by atoms with Crippen LogP contribution in [-0.4, -0.2) is 21.9 Å². The molecule has 1 aliphatic heterocycles. The van der Waals surface area contributed by atoms with Crippen LogP contribution in [0.5, 0.6) is 5.75 Å². The van der Waals surface area contributed by atoms with Crippen LogP contribution in [0.15, 0.2) is 72.3 Å². The quantitative estimate of drug-likeness (QED) is 0.310. The molecule has 0 radical (unpaired) electrons. The number of rotatable bonds is 3. The van der Waals surface area contributed by atoms with Crippen molar-refractivity contribution in [1.29, 1.82) is 0 Å². The molecule has 1 unspecified atom stereocenters. The highest BCUT2D eigenvalue weighted by molar-refractivity contribution is 6.52. The molecular weight excluding hydrogens is 444 g/mol. The Labute approximate surface area is 186 Å². The van der Waals surface area contributed by atoms with Crippen LogP contribution in [0, 0.1) is 5.82 Å².